The molecule has 0 bridgehead atoms. The van der Waals surface area contributed by atoms with Crippen LogP contribution in [0.2, 0.25) is 0 Å². The second-order valence-electron chi connectivity index (χ2n) is 6.04. The minimum atomic E-state index is -0.859. The van der Waals surface area contributed by atoms with Crippen LogP contribution in [-0.2, 0) is 4.79 Å². The molecule has 1 aromatic heterocycles. The Hall–Kier alpha value is -2.24. The lowest BCUT2D eigenvalue weighted by atomic mass is 10.1. The summed E-state index contributed by atoms with van der Waals surface area (Å²) in [6.07, 6.45) is 0. The number of nitrogens with zero attached hydrogens (tertiary/aromatic N) is 2. The highest BCUT2D eigenvalue weighted by atomic mass is 19.1. The van der Waals surface area contributed by atoms with E-state index in [1.807, 2.05) is 13.8 Å². The summed E-state index contributed by atoms with van der Waals surface area (Å²) in [5.41, 5.74) is 0.747. The Morgan fingerprint density at radius 3 is 2.71 bits per heavy atom. The summed E-state index contributed by atoms with van der Waals surface area (Å²) in [7, 11) is 0. The zero-order valence-corrected chi connectivity index (χ0v) is 11.9. The van der Waals surface area contributed by atoms with Gasteiger partial charge in [-0.3, -0.25) is 4.79 Å². The van der Waals surface area contributed by atoms with Crippen LogP contribution in [0.15, 0.2) is 22.7 Å². The first kappa shape index (κ1) is 13.7. The molecule has 1 aromatic carbocycles. The maximum absolute atomic E-state index is 13.3. The van der Waals surface area contributed by atoms with Crippen LogP contribution in [0.25, 0.3) is 11.4 Å². The zero-order valence-electron chi connectivity index (χ0n) is 11.9. The lowest BCUT2D eigenvalue weighted by Crippen LogP contribution is -2.03. The molecule has 1 aliphatic rings. The molecule has 3 rings (SSSR count). The van der Waals surface area contributed by atoms with Gasteiger partial charge in [-0.2, -0.15) is 4.98 Å². The van der Waals surface area contributed by atoms with Gasteiger partial charge in [0.1, 0.15) is 5.82 Å². The third-order valence-corrected chi connectivity index (χ3v) is 4.22. The molecule has 0 aliphatic heterocycles. The molecule has 0 spiro atoms. The van der Waals surface area contributed by atoms with Gasteiger partial charge < -0.3 is 9.63 Å². The Balaban J connectivity index is 1.91. The molecular formula is C15H15FN2O3. The van der Waals surface area contributed by atoms with Gasteiger partial charge in [-0.15, -0.1) is 0 Å². The normalized spacial score (nSPS) is 23.0. The fourth-order valence-corrected chi connectivity index (χ4v) is 2.82. The Morgan fingerprint density at radius 1 is 1.43 bits per heavy atom. The van der Waals surface area contributed by atoms with Crippen LogP contribution in [-0.4, -0.2) is 21.2 Å². The van der Waals surface area contributed by atoms with E-state index >= 15 is 0 Å². The molecule has 1 heterocycles. The van der Waals surface area contributed by atoms with E-state index in [9.17, 15) is 14.3 Å². The summed E-state index contributed by atoms with van der Waals surface area (Å²) in [6, 6.07) is 4.56. The summed E-state index contributed by atoms with van der Waals surface area (Å²) in [4.78, 5) is 15.5. The predicted molar refractivity (Wildman–Crippen MR) is 72.1 cm³/mol. The third-order valence-electron chi connectivity index (χ3n) is 4.22. The van der Waals surface area contributed by atoms with Gasteiger partial charge in [0, 0.05) is 5.56 Å². The van der Waals surface area contributed by atoms with Crippen molar-refractivity contribution >= 4 is 5.97 Å². The first-order valence-corrected chi connectivity index (χ1v) is 6.65. The molecule has 110 valence electrons. The number of aromatic nitrogens is 2. The number of halogens is 1. The van der Waals surface area contributed by atoms with Crippen molar-refractivity contribution in [2.24, 2.45) is 11.3 Å². The molecule has 0 radical (unpaired) electrons. The minimum Gasteiger partial charge on any atom is -0.481 e. The van der Waals surface area contributed by atoms with Crippen molar-refractivity contribution in [3.05, 3.63) is 35.5 Å². The average Bonchev–Trinajstić information content (AvgIpc) is 2.78. The second-order valence-corrected chi connectivity index (χ2v) is 6.04. The van der Waals surface area contributed by atoms with Gasteiger partial charge in [-0.1, -0.05) is 19.0 Å². The number of rotatable bonds is 3. The van der Waals surface area contributed by atoms with E-state index in [0.29, 0.717) is 22.8 Å². The summed E-state index contributed by atoms with van der Waals surface area (Å²) >= 11 is 0. The fraction of sp³-hybridized carbons (Fsp3) is 0.400. The van der Waals surface area contributed by atoms with Gasteiger partial charge in [-0.25, -0.2) is 4.39 Å². The molecule has 21 heavy (non-hydrogen) atoms. The molecule has 6 heteroatoms. The van der Waals surface area contributed by atoms with Crippen molar-refractivity contribution < 1.29 is 18.8 Å². The number of hydrogen-bond donors (Lipinski definition) is 1. The van der Waals surface area contributed by atoms with Crippen LogP contribution < -0.4 is 0 Å². The smallest absolute Gasteiger partial charge is 0.307 e. The SMILES string of the molecule is Cc1cc(-c2noc(C3C(C(=O)O)C3(C)C)n2)ccc1F. The predicted octanol–water partition coefficient (Wildman–Crippen LogP) is 3.01. The number of benzene rings is 1. The molecule has 1 N–H and O–H groups in total. The maximum Gasteiger partial charge on any atom is 0.307 e. The van der Waals surface area contributed by atoms with Crippen LogP contribution in [0.5, 0.6) is 0 Å². The Kier molecular flexibility index (Phi) is 2.86. The van der Waals surface area contributed by atoms with E-state index in [4.69, 9.17) is 4.52 Å². The molecule has 1 aliphatic carbocycles. The van der Waals surface area contributed by atoms with Crippen LogP contribution in [0.3, 0.4) is 0 Å². The summed E-state index contributed by atoms with van der Waals surface area (Å²) < 4.78 is 18.5. The first-order chi connectivity index (χ1) is 9.82. The molecule has 2 atom stereocenters. The van der Waals surface area contributed by atoms with Crippen molar-refractivity contribution in [2.45, 2.75) is 26.7 Å². The van der Waals surface area contributed by atoms with Crippen LogP contribution in [0.1, 0.15) is 31.2 Å². The van der Waals surface area contributed by atoms with Crippen molar-refractivity contribution in [1.82, 2.24) is 10.1 Å². The second kappa shape index (κ2) is 4.38. The highest BCUT2D eigenvalue weighted by molar-refractivity contribution is 5.77. The van der Waals surface area contributed by atoms with Crippen molar-refractivity contribution in [3.8, 4) is 11.4 Å². The molecular weight excluding hydrogens is 275 g/mol. The number of carboxylic acids is 1. The quantitative estimate of drug-likeness (QED) is 0.940. The fourth-order valence-electron chi connectivity index (χ4n) is 2.82. The minimum absolute atomic E-state index is 0.280. The number of aryl methyl sites for hydroxylation is 1. The monoisotopic (exact) mass is 290 g/mol. The highest BCUT2D eigenvalue weighted by Crippen LogP contribution is 2.64. The molecule has 0 amide bonds. The lowest BCUT2D eigenvalue weighted by Gasteiger charge is -1.98. The number of hydrogen-bond acceptors (Lipinski definition) is 4. The van der Waals surface area contributed by atoms with E-state index in [1.54, 1.807) is 19.1 Å². The molecule has 2 aromatic rings. The number of aliphatic carboxylic acids is 1. The van der Waals surface area contributed by atoms with E-state index in [2.05, 4.69) is 10.1 Å². The average molecular weight is 290 g/mol. The molecule has 0 saturated heterocycles. The van der Waals surface area contributed by atoms with Crippen LogP contribution >= 0.6 is 0 Å². The van der Waals surface area contributed by atoms with Crippen molar-refractivity contribution in [3.63, 3.8) is 0 Å². The van der Waals surface area contributed by atoms with Gasteiger partial charge >= 0.3 is 5.97 Å². The Bertz CT molecular complexity index is 723. The molecule has 1 fully saturated rings. The third kappa shape index (κ3) is 2.11. The van der Waals surface area contributed by atoms with E-state index in [-0.39, 0.29) is 11.7 Å². The van der Waals surface area contributed by atoms with E-state index in [0.717, 1.165) is 0 Å². The van der Waals surface area contributed by atoms with Gasteiger partial charge in [0.2, 0.25) is 11.7 Å². The summed E-state index contributed by atoms with van der Waals surface area (Å²) in [6.45, 7) is 5.38. The van der Waals surface area contributed by atoms with Gasteiger partial charge in [0.05, 0.1) is 11.8 Å². The molecule has 2 unspecified atom stereocenters. The van der Waals surface area contributed by atoms with Crippen molar-refractivity contribution in [1.29, 1.82) is 0 Å². The Morgan fingerprint density at radius 2 is 2.14 bits per heavy atom. The summed E-state index contributed by atoms with van der Waals surface area (Å²) in [5, 5.41) is 13.1. The molecule has 1 saturated carbocycles. The van der Waals surface area contributed by atoms with E-state index in [1.165, 1.54) is 6.07 Å². The number of carbonyl (C=O) groups is 1. The van der Waals surface area contributed by atoms with Crippen LogP contribution in [0, 0.1) is 24.1 Å². The Labute approximate surface area is 120 Å². The van der Waals surface area contributed by atoms with Crippen molar-refractivity contribution in [2.75, 3.05) is 0 Å². The topological polar surface area (TPSA) is 76.2 Å². The lowest BCUT2D eigenvalue weighted by molar-refractivity contribution is -0.139. The maximum atomic E-state index is 13.3. The van der Waals surface area contributed by atoms with Crippen LogP contribution in [0.4, 0.5) is 4.39 Å². The first-order valence-electron chi connectivity index (χ1n) is 6.65. The van der Waals surface area contributed by atoms with E-state index < -0.39 is 17.3 Å². The largest absolute Gasteiger partial charge is 0.481 e. The summed E-state index contributed by atoms with van der Waals surface area (Å²) in [5.74, 6) is -1.28. The number of carboxylic acid groups (broad SMARTS) is 1. The van der Waals surface area contributed by atoms with Gasteiger partial charge in [-0.05, 0) is 36.1 Å². The van der Waals surface area contributed by atoms with Gasteiger partial charge in [0.25, 0.3) is 0 Å². The molecule has 5 nitrogen and oxygen atoms in total. The van der Waals surface area contributed by atoms with Gasteiger partial charge in [0.15, 0.2) is 0 Å². The highest BCUT2D eigenvalue weighted by Gasteiger charge is 2.65. The standard InChI is InChI=1S/C15H15FN2O3/c1-7-6-8(4-5-9(7)16)12-17-13(21-18-12)10-11(14(19)20)15(10,2)3/h4-6,10-11H,1-3H3,(H,19,20). The zero-order chi connectivity index (χ0) is 15.4.